The van der Waals surface area contributed by atoms with Crippen molar-refractivity contribution in [1.29, 1.82) is 0 Å². The molecular weight excluding hydrogens is 238 g/mol. The minimum absolute atomic E-state index is 0.0558. The van der Waals surface area contributed by atoms with Gasteiger partial charge in [0, 0.05) is 13.1 Å². The topological polar surface area (TPSA) is 72.4 Å². The normalized spacial score (nSPS) is 12.5. The molecule has 1 aromatic heterocycles. The zero-order valence-electron chi connectivity index (χ0n) is 10.5. The van der Waals surface area contributed by atoms with Crippen LogP contribution in [-0.4, -0.2) is 41.1 Å². The van der Waals surface area contributed by atoms with Crippen LogP contribution >= 0.6 is 11.8 Å². The van der Waals surface area contributed by atoms with Crippen molar-refractivity contribution in [2.45, 2.75) is 25.9 Å². The molecule has 0 saturated carbocycles. The van der Waals surface area contributed by atoms with Gasteiger partial charge < -0.3 is 15.2 Å². The summed E-state index contributed by atoms with van der Waals surface area (Å²) in [6.45, 7) is 2.26. The molecule has 0 aliphatic rings. The van der Waals surface area contributed by atoms with Crippen LogP contribution in [0.15, 0.2) is 10.6 Å². The quantitative estimate of drug-likeness (QED) is 0.824. The standard InChI is InChI=1S/C11H19N3O2S/c1-8-6-9(13-16-8)7-14(2)11(15)10(12)4-5-17-3/h6,10H,4-5,7,12H2,1-3H3/t10-/m0/s1. The van der Waals surface area contributed by atoms with E-state index in [2.05, 4.69) is 5.16 Å². The third-order valence-electron chi connectivity index (χ3n) is 2.40. The van der Waals surface area contributed by atoms with Gasteiger partial charge in [-0.2, -0.15) is 11.8 Å². The van der Waals surface area contributed by atoms with Gasteiger partial charge in [-0.15, -0.1) is 0 Å². The van der Waals surface area contributed by atoms with E-state index in [4.69, 9.17) is 10.3 Å². The third-order valence-corrected chi connectivity index (χ3v) is 3.05. The number of aromatic nitrogens is 1. The van der Waals surface area contributed by atoms with Crippen molar-refractivity contribution in [3.8, 4) is 0 Å². The summed E-state index contributed by atoms with van der Waals surface area (Å²) in [4.78, 5) is 13.5. The number of carbonyl (C=O) groups is 1. The molecule has 0 aromatic carbocycles. The van der Waals surface area contributed by atoms with E-state index in [1.54, 1.807) is 23.7 Å². The van der Waals surface area contributed by atoms with Crippen LogP contribution < -0.4 is 5.73 Å². The molecule has 6 heteroatoms. The largest absolute Gasteiger partial charge is 0.361 e. The Morgan fingerprint density at radius 3 is 2.94 bits per heavy atom. The lowest BCUT2D eigenvalue weighted by Crippen LogP contribution is -2.41. The van der Waals surface area contributed by atoms with Crippen molar-refractivity contribution in [1.82, 2.24) is 10.1 Å². The van der Waals surface area contributed by atoms with Crippen LogP contribution in [0.4, 0.5) is 0 Å². The molecule has 1 heterocycles. The molecule has 0 spiro atoms. The molecule has 0 radical (unpaired) electrons. The first kappa shape index (κ1) is 14.1. The number of thioether (sulfide) groups is 1. The zero-order valence-corrected chi connectivity index (χ0v) is 11.3. The maximum absolute atomic E-state index is 11.9. The lowest BCUT2D eigenvalue weighted by Gasteiger charge is -2.19. The van der Waals surface area contributed by atoms with E-state index >= 15 is 0 Å². The Kier molecular flexibility index (Phi) is 5.50. The number of aryl methyl sites for hydroxylation is 1. The van der Waals surface area contributed by atoms with Crippen LogP contribution in [0.3, 0.4) is 0 Å². The van der Waals surface area contributed by atoms with Gasteiger partial charge in [-0.05, 0) is 25.4 Å². The first-order valence-electron chi connectivity index (χ1n) is 5.46. The fourth-order valence-electron chi connectivity index (χ4n) is 1.46. The summed E-state index contributed by atoms with van der Waals surface area (Å²) in [7, 11) is 1.73. The highest BCUT2D eigenvalue weighted by molar-refractivity contribution is 7.98. The van der Waals surface area contributed by atoms with E-state index in [1.165, 1.54) is 0 Å². The molecule has 1 amide bonds. The number of nitrogens with two attached hydrogens (primary N) is 1. The Hall–Kier alpha value is -1.01. The Balaban J connectivity index is 2.46. The van der Waals surface area contributed by atoms with E-state index in [1.807, 2.05) is 19.2 Å². The number of likely N-dealkylation sites (N-methyl/N-ethyl adjacent to an activating group) is 1. The van der Waals surface area contributed by atoms with Crippen molar-refractivity contribution >= 4 is 17.7 Å². The number of carbonyl (C=O) groups excluding carboxylic acids is 1. The summed E-state index contributed by atoms with van der Waals surface area (Å²) >= 11 is 1.69. The zero-order chi connectivity index (χ0) is 12.8. The lowest BCUT2D eigenvalue weighted by atomic mass is 10.2. The van der Waals surface area contributed by atoms with Crippen LogP contribution in [0.5, 0.6) is 0 Å². The van der Waals surface area contributed by atoms with Crippen molar-refractivity contribution in [2.24, 2.45) is 5.73 Å². The molecule has 0 aliphatic carbocycles. The highest BCUT2D eigenvalue weighted by atomic mass is 32.2. The maximum atomic E-state index is 11.9. The summed E-state index contributed by atoms with van der Waals surface area (Å²) in [6.07, 6.45) is 2.70. The third kappa shape index (κ3) is 4.40. The van der Waals surface area contributed by atoms with Gasteiger partial charge in [-0.1, -0.05) is 5.16 Å². The Labute approximate surface area is 106 Å². The predicted octanol–water partition coefficient (Wildman–Crippen LogP) is 1.02. The maximum Gasteiger partial charge on any atom is 0.239 e. The summed E-state index contributed by atoms with van der Waals surface area (Å²) in [6, 6.07) is 1.39. The number of amides is 1. The van der Waals surface area contributed by atoms with Crippen LogP contribution in [0, 0.1) is 6.92 Å². The smallest absolute Gasteiger partial charge is 0.239 e. The van der Waals surface area contributed by atoms with Gasteiger partial charge in [0.05, 0.1) is 12.6 Å². The number of rotatable bonds is 6. The van der Waals surface area contributed by atoms with Crippen LogP contribution in [0.1, 0.15) is 17.9 Å². The Morgan fingerprint density at radius 2 is 2.41 bits per heavy atom. The van der Waals surface area contributed by atoms with Crippen LogP contribution in [-0.2, 0) is 11.3 Å². The number of nitrogens with zero attached hydrogens (tertiary/aromatic N) is 2. The second-order valence-electron chi connectivity index (χ2n) is 4.01. The second-order valence-corrected chi connectivity index (χ2v) is 5.00. The van der Waals surface area contributed by atoms with E-state index in [0.29, 0.717) is 13.0 Å². The summed E-state index contributed by atoms with van der Waals surface area (Å²) in [5.41, 5.74) is 6.56. The SMILES string of the molecule is CSCC[C@H](N)C(=O)N(C)Cc1cc(C)on1. The monoisotopic (exact) mass is 257 g/mol. The van der Waals surface area contributed by atoms with Gasteiger partial charge in [0.25, 0.3) is 0 Å². The molecule has 0 bridgehead atoms. The van der Waals surface area contributed by atoms with Crippen molar-refractivity contribution in [3.63, 3.8) is 0 Å². The predicted molar refractivity (Wildman–Crippen MR) is 68.7 cm³/mol. The van der Waals surface area contributed by atoms with Crippen LogP contribution in [0.25, 0.3) is 0 Å². The molecule has 0 unspecified atom stereocenters. The fraction of sp³-hybridized carbons (Fsp3) is 0.636. The Morgan fingerprint density at radius 1 is 1.71 bits per heavy atom. The van der Waals surface area contributed by atoms with Crippen molar-refractivity contribution in [2.75, 3.05) is 19.1 Å². The molecule has 96 valence electrons. The fourth-order valence-corrected chi connectivity index (χ4v) is 1.95. The van der Waals surface area contributed by atoms with E-state index in [-0.39, 0.29) is 5.91 Å². The molecular formula is C11H19N3O2S. The highest BCUT2D eigenvalue weighted by Gasteiger charge is 2.18. The minimum atomic E-state index is -0.430. The van der Waals surface area contributed by atoms with Crippen molar-refractivity contribution < 1.29 is 9.32 Å². The lowest BCUT2D eigenvalue weighted by molar-refractivity contribution is -0.131. The van der Waals surface area contributed by atoms with Gasteiger partial charge in [0.2, 0.25) is 5.91 Å². The first-order chi connectivity index (χ1) is 8.04. The summed E-state index contributed by atoms with van der Waals surface area (Å²) < 4.78 is 4.95. The van der Waals surface area contributed by atoms with Gasteiger partial charge >= 0.3 is 0 Å². The van der Waals surface area contributed by atoms with E-state index in [9.17, 15) is 4.79 Å². The summed E-state index contributed by atoms with van der Waals surface area (Å²) in [5.74, 6) is 1.58. The number of hydrogen-bond acceptors (Lipinski definition) is 5. The molecule has 0 saturated heterocycles. The van der Waals surface area contributed by atoms with Crippen molar-refractivity contribution in [3.05, 3.63) is 17.5 Å². The summed E-state index contributed by atoms with van der Waals surface area (Å²) in [5, 5.41) is 3.85. The van der Waals surface area contributed by atoms with E-state index < -0.39 is 6.04 Å². The average molecular weight is 257 g/mol. The molecule has 0 fully saturated rings. The average Bonchev–Trinajstić information content (AvgIpc) is 2.70. The van der Waals surface area contributed by atoms with Gasteiger partial charge in [0.1, 0.15) is 11.5 Å². The Bertz CT molecular complexity index is 367. The molecule has 1 aromatic rings. The van der Waals surface area contributed by atoms with Crippen LogP contribution in [0.2, 0.25) is 0 Å². The second kappa shape index (κ2) is 6.66. The van der Waals surface area contributed by atoms with Gasteiger partial charge in [-0.3, -0.25) is 4.79 Å². The molecule has 17 heavy (non-hydrogen) atoms. The molecule has 1 atom stereocenters. The first-order valence-corrected chi connectivity index (χ1v) is 6.85. The highest BCUT2D eigenvalue weighted by Crippen LogP contribution is 2.07. The molecule has 0 aliphatic heterocycles. The molecule has 2 N–H and O–H groups in total. The van der Waals surface area contributed by atoms with Gasteiger partial charge in [0.15, 0.2) is 0 Å². The van der Waals surface area contributed by atoms with E-state index in [0.717, 1.165) is 17.2 Å². The molecule has 1 rings (SSSR count). The number of hydrogen-bond donors (Lipinski definition) is 1. The molecule has 5 nitrogen and oxygen atoms in total. The van der Waals surface area contributed by atoms with Gasteiger partial charge in [-0.25, -0.2) is 0 Å². The minimum Gasteiger partial charge on any atom is -0.361 e.